The van der Waals surface area contributed by atoms with Gasteiger partial charge in [-0.05, 0) is 17.2 Å². The summed E-state index contributed by atoms with van der Waals surface area (Å²) in [5.41, 5.74) is 2.03. The molecule has 68 valence electrons. The molecule has 0 radical (unpaired) electrons. The highest BCUT2D eigenvalue weighted by atomic mass is 79.9. The van der Waals surface area contributed by atoms with Crippen LogP contribution < -0.4 is 0 Å². The SMILES string of the molecule is O=C(O)C=Cc1cccc(CBr)c1. The van der Waals surface area contributed by atoms with Crippen molar-refractivity contribution >= 4 is 28.0 Å². The summed E-state index contributed by atoms with van der Waals surface area (Å²) < 4.78 is 0. The van der Waals surface area contributed by atoms with Crippen LogP contribution in [0.2, 0.25) is 0 Å². The van der Waals surface area contributed by atoms with E-state index in [4.69, 9.17) is 5.11 Å². The smallest absolute Gasteiger partial charge is 0.328 e. The Kier molecular flexibility index (Phi) is 3.71. The summed E-state index contributed by atoms with van der Waals surface area (Å²) in [4.78, 5) is 10.2. The minimum Gasteiger partial charge on any atom is -0.478 e. The molecule has 3 heteroatoms. The normalized spacial score (nSPS) is 10.5. The van der Waals surface area contributed by atoms with Crippen LogP contribution in [0.15, 0.2) is 30.3 Å². The molecule has 0 bridgehead atoms. The zero-order valence-electron chi connectivity index (χ0n) is 6.90. The number of halogens is 1. The van der Waals surface area contributed by atoms with E-state index < -0.39 is 5.97 Å². The summed E-state index contributed by atoms with van der Waals surface area (Å²) in [7, 11) is 0. The van der Waals surface area contributed by atoms with Gasteiger partial charge >= 0.3 is 5.97 Å². The Morgan fingerprint density at radius 2 is 2.31 bits per heavy atom. The van der Waals surface area contributed by atoms with E-state index in [1.165, 1.54) is 0 Å². The minimum absolute atomic E-state index is 0.780. The first-order valence-electron chi connectivity index (χ1n) is 3.78. The molecule has 0 aliphatic carbocycles. The Bertz CT molecular complexity index is 331. The largest absolute Gasteiger partial charge is 0.478 e. The number of hydrogen-bond acceptors (Lipinski definition) is 1. The lowest BCUT2D eigenvalue weighted by molar-refractivity contribution is -0.131. The molecule has 1 aromatic carbocycles. The lowest BCUT2D eigenvalue weighted by Gasteiger charge is -1.96. The second-order valence-electron chi connectivity index (χ2n) is 2.55. The van der Waals surface area contributed by atoms with Crippen LogP contribution in [0.3, 0.4) is 0 Å². The average Bonchev–Trinajstić information content (AvgIpc) is 2.15. The van der Waals surface area contributed by atoms with Gasteiger partial charge in [-0.15, -0.1) is 0 Å². The molecule has 0 atom stereocenters. The van der Waals surface area contributed by atoms with Crippen molar-refractivity contribution in [3.63, 3.8) is 0 Å². The van der Waals surface area contributed by atoms with Gasteiger partial charge in [-0.25, -0.2) is 4.79 Å². The fourth-order valence-corrected chi connectivity index (χ4v) is 1.30. The summed E-state index contributed by atoms with van der Waals surface area (Å²) in [6.45, 7) is 0. The molecule has 0 amide bonds. The van der Waals surface area contributed by atoms with Gasteiger partial charge in [0.15, 0.2) is 0 Å². The molecule has 13 heavy (non-hydrogen) atoms. The average molecular weight is 241 g/mol. The zero-order chi connectivity index (χ0) is 9.68. The fourth-order valence-electron chi connectivity index (χ4n) is 0.947. The summed E-state index contributed by atoms with van der Waals surface area (Å²) in [6.07, 6.45) is 2.71. The number of alkyl halides is 1. The number of benzene rings is 1. The van der Waals surface area contributed by atoms with Crippen LogP contribution in [0.1, 0.15) is 11.1 Å². The van der Waals surface area contributed by atoms with Crippen molar-refractivity contribution in [2.45, 2.75) is 5.33 Å². The van der Waals surface area contributed by atoms with Crippen LogP contribution in [-0.4, -0.2) is 11.1 Å². The van der Waals surface area contributed by atoms with Crippen LogP contribution in [0.25, 0.3) is 6.08 Å². The van der Waals surface area contributed by atoms with Gasteiger partial charge in [0, 0.05) is 11.4 Å². The van der Waals surface area contributed by atoms with Crippen LogP contribution in [0.5, 0.6) is 0 Å². The van der Waals surface area contributed by atoms with Crippen molar-refractivity contribution in [2.75, 3.05) is 0 Å². The number of carboxylic acids is 1. The Labute approximate surface area is 85.0 Å². The van der Waals surface area contributed by atoms with Crippen LogP contribution >= 0.6 is 15.9 Å². The first-order valence-corrected chi connectivity index (χ1v) is 4.90. The van der Waals surface area contributed by atoms with Crippen molar-refractivity contribution in [1.82, 2.24) is 0 Å². The molecule has 0 fully saturated rings. The van der Waals surface area contributed by atoms with Gasteiger partial charge in [-0.1, -0.05) is 40.2 Å². The number of rotatable bonds is 3. The van der Waals surface area contributed by atoms with Crippen LogP contribution in [-0.2, 0) is 10.1 Å². The molecule has 0 saturated carbocycles. The van der Waals surface area contributed by atoms with Crippen LogP contribution in [0, 0.1) is 0 Å². The van der Waals surface area contributed by atoms with Gasteiger partial charge in [0.2, 0.25) is 0 Å². The number of aliphatic carboxylic acids is 1. The molecule has 2 nitrogen and oxygen atoms in total. The van der Waals surface area contributed by atoms with Gasteiger partial charge < -0.3 is 5.11 Å². The van der Waals surface area contributed by atoms with E-state index in [1.807, 2.05) is 24.3 Å². The maximum atomic E-state index is 10.2. The van der Waals surface area contributed by atoms with E-state index in [-0.39, 0.29) is 0 Å². The Morgan fingerprint density at radius 1 is 1.54 bits per heavy atom. The maximum absolute atomic E-state index is 10.2. The van der Waals surface area contributed by atoms with Gasteiger partial charge in [0.1, 0.15) is 0 Å². The van der Waals surface area contributed by atoms with E-state index in [0.717, 1.165) is 22.5 Å². The standard InChI is InChI=1S/C10H9BrO2/c11-7-9-3-1-2-8(6-9)4-5-10(12)13/h1-6H,7H2,(H,12,13). The summed E-state index contributed by atoms with van der Waals surface area (Å²) in [5, 5.41) is 9.18. The highest BCUT2D eigenvalue weighted by Gasteiger charge is 1.92. The molecular formula is C10H9BrO2. The molecular weight excluding hydrogens is 232 g/mol. The van der Waals surface area contributed by atoms with Gasteiger partial charge in [0.05, 0.1) is 0 Å². The summed E-state index contributed by atoms with van der Waals surface area (Å²) >= 11 is 3.33. The predicted molar refractivity (Wildman–Crippen MR) is 55.7 cm³/mol. The zero-order valence-corrected chi connectivity index (χ0v) is 8.49. The summed E-state index contributed by atoms with van der Waals surface area (Å²) in [5.74, 6) is -0.927. The molecule has 0 heterocycles. The molecule has 0 aromatic heterocycles. The lowest BCUT2D eigenvalue weighted by Crippen LogP contribution is -1.86. The topological polar surface area (TPSA) is 37.3 Å². The third kappa shape index (κ3) is 3.42. The highest BCUT2D eigenvalue weighted by molar-refractivity contribution is 9.08. The fraction of sp³-hybridized carbons (Fsp3) is 0.100. The maximum Gasteiger partial charge on any atom is 0.328 e. The lowest BCUT2D eigenvalue weighted by atomic mass is 10.1. The Morgan fingerprint density at radius 3 is 2.92 bits per heavy atom. The molecule has 0 unspecified atom stereocenters. The molecule has 1 N–H and O–H groups in total. The van der Waals surface area contributed by atoms with E-state index in [0.29, 0.717) is 0 Å². The van der Waals surface area contributed by atoms with Gasteiger partial charge in [-0.3, -0.25) is 0 Å². The van der Waals surface area contributed by atoms with E-state index in [2.05, 4.69) is 15.9 Å². The molecule has 1 aromatic rings. The molecule has 1 rings (SSSR count). The van der Waals surface area contributed by atoms with Gasteiger partial charge in [0.25, 0.3) is 0 Å². The molecule has 0 spiro atoms. The van der Waals surface area contributed by atoms with Crippen LogP contribution in [0.4, 0.5) is 0 Å². The first kappa shape index (κ1) is 9.99. The summed E-state index contributed by atoms with van der Waals surface area (Å²) in [6, 6.07) is 7.69. The van der Waals surface area contributed by atoms with E-state index >= 15 is 0 Å². The van der Waals surface area contributed by atoms with Crippen molar-refractivity contribution in [1.29, 1.82) is 0 Å². The first-order chi connectivity index (χ1) is 6.22. The minimum atomic E-state index is -0.927. The molecule has 0 aliphatic heterocycles. The third-order valence-corrected chi connectivity index (χ3v) is 2.17. The van der Waals surface area contributed by atoms with E-state index in [1.54, 1.807) is 6.08 Å². The second kappa shape index (κ2) is 4.82. The highest BCUT2D eigenvalue weighted by Crippen LogP contribution is 2.09. The monoisotopic (exact) mass is 240 g/mol. The number of carboxylic acid groups (broad SMARTS) is 1. The molecule has 0 saturated heterocycles. The quantitative estimate of drug-likeness (QED) is 0.652. The van der Waals surface area contributed by atoms with Crippen molar-refractivity contribution in [2.24, 2.45) is 0 Å². The Hall–Kier alpha value is -1.09. The van der Waals surface area contributed by atoms with Crippen molar-refractivity contribution in [3.8, 4) is 0 Å². The Balaban J connectivity index is 2.83. The second-order valence-corrected chi connectivity index (χ2v) is 3.11. The van der Waals surface area contributed by atoms with Crippen molar-refractivity contribution in [3.05, 3.63) is 41.5 Å². The predicted octanol–water partition coefficient (Wildman–Crippen LogP) is 2.68. The van der Waals surface area contributed by atoms with Crippen molar-refractivity contribution < 1.29 is 9.90 Å². The number of carbonyl (C=O) groups is 1. The van der Waals surface area contributed by atoms with E-state index in [9.17, 15) is 4.79 Å². The third-order valence-electron chi connectivity index (χ3n) is 1.52. The molecule has 0 aliphatic rings. The van der Waals surface area contributed by atoms with Gasteiger partial charge in [-0.2, -0.15) is 0 Å². The number of hydrogen-bond donors (Lipinski definition) is 1.